The van der Waals surface area contributed by atoms with Gasteiger partial charge in [0.15, 0.2) is 5.78 Å². The van der Waals surface area contributed by atoms with E-state index in [1.165, 1.54) is 31.3 Å². The number of aldehydes is 1. The molecule has 1 N–H and O–H groups in total. The number of hydrogen-bond donors (Lipinski definition) is 1. The SMILES string of the molecule is CC(C)=CCC[C@](C)(O)[C@H]1CC[C@]2(C)[C@@H]1CC[C@@H]1[C@@]3(C)C/C(=C/c4ccc(C=O)cc4)C(=O)C(C)(C)[C@@H]3CC[C@]12C. The molecule has 5 rings (SSSR count). The van der Waals surface area contributed by atoms with Crippen molar-refractivity contribution in [2.24, 2.45) is 45.3 Å². The van der Waals surface area contributed by atoms with Gasteiger partial charge < -0.3 is 5.11 Å². The van der Waals surface area contributed by atoms with Crippen LogP contribution < -0.4 is 0 Å². The number of hydrogen-bond acceptors (Lipinski definition) is 3. The highest BCUT2D eigenvalue weighted by molar-refractivity contribution is 6.04. The van der Waals surface area contributed by atoms with E-state index in [1.54, 1.807) is 0 Å². The lowest BCUT2D eigenvalue weighted by molar-refractivity contribution is -0.201. The second kappa shape index (κ2) is 10.3. The molecule has 4 fully saturated rings. The van der Waals surface area contributed by atoms with Crippen molar-refractivity contribution in [1.29, 1.82) is 0 Å². The van der Waals surface area contributed by atoms with Crippen LogP contribution in [0.25, 0.3) is 6.08 Å². The molecule has 1 aromatic rings. The largest absolute Gasteiger partial charge is 0.390 e. The van der Waals surface area contributed by atoms with Crippen LogP contribution in [-0.4, -0.2) is 22.8 Å². The molecule has 0 radical (unpaired) electrons. The van der Waals surface area contributed by atoms with Gasteiger partial charge in [0.2, 0.25) is 0 Å². The molecule has 0 heterocycles. The molecule has 8 atom stereocenters. The smallest absolute Gasteiger partial charge is 0.164 e. The van der Waals surface area contributed by atoms with Gasteiger partial charge in [-0.15, -0.1) is 0 Å². The molecule has 0 bridgehead atoms. The standard InChI is InChI=1S/C38H54O3/c1-25(2)10-9-19-38(8,41)30-17-20-36(6)29(30)15-16-32-35(5)23-28(22-26-11-13-27(24-39)14-12-26)33(40)34(3,4)31(35)18-21-37(32,36)7/h10-14,22,24,29-32,41H,9,15-21,23H2,1-8H3/b28-22-/t29-,30+,31+,32-,35+,36-,37-,38+/m1/s1. The van der Waals surface area contributed by atoms with Gasteiger partial charge in [-0.05, 0) is 136 Å². The lowest BCUT2D eigenvalue weighted by Gasteiger charge is -2.69. The fraction of sp³-hybridized carbons (Fsp3) is 0.684. The van der Waals surface area contributed by atoms with Crippen LogP contribution in [0.4, 0.5) is 0 Å². The van der Waals surface area contributed by atoms with Gasteiger partial charge in [0.1, 0.15) is 6.29 Å². The Bertz CT molecular complexity index is 1240. The van der Waals surface area contributed by atoms with E-state index >= 15 is 0 Å². The van der Waals surface area contributed by atoms with E-state index < -0.39 is 11.0 Å². The minimum atomic E-state index is -0.632. The van der Waals surface area contributed by atoms with Gasteiger partial charge in [-0.1, -0.05) is 70.5 Å². The van der Waals surface area contributed by atoms with Crippen LogP contribution in [0.1, 0.15) is 129 Å². The monoisotopic (exact) mass is 558 g/mol. The summed E-state index contributed by atoms with van der Waals surface area (Å²) in [5, 5.41) is 11.8. The molecule has 0 aromatic heterocycles. The van der Waals surface area contributed by atoms with Gasteiger partial charge in [-0.25, -0.2) is 0 Å². The van der Waals surface area contributed by atoms with E-state index in [0.717, 1.165) is 49.5 Å². The van der Waals surface area contributed by atoms with E-state index in [1.807, 2.05) is 24.3 Å². The van der Waals surface area contributed by atoms with E-state index in [0.29, 0.717) is 35.0 Å². The summed E-state index contributed by atoms with van der Waals surface area (Å²) in [6.07, 6.45) is 14.9. The first-order valence-corrected chi connectivity index (χ1v) is 16.3. The summed E-state index contributed by atoms with van der Waals surface area (Å²) in [7, 11) is 0. The van der Waals surface area contributed by atoms with Crippen LogP contribution >= 0.6 is 0 Å². The molecular weight excluding hydrogens is 504 g/mol. The van der Waals surface area contributed by atoms with E-state index in [4.69, 9.17) is 0 Å². The quantitative estimate of drug-likeness (QED) is 0.215. The number of rotatable bonds is 6. The number of aliphatic hydroxyl groups is 1. The topological polar surface area (TPSA) is 54.4 Å². The van der Waals surface area contributed by atoms with Crippen molar-refractivity contribution in [3.8, 4) is 0 Å². The predicted octanol–water partition coefficient (Wildman–Crippen LogP) is 9.24. The molecule has 3 nitrogen and oxygen atoms in total. The average molecular weight is 559 g/mol. The summed E-state index contributed by atoms with van der Waals surface area (Å²) in [5.74, 6) is 2.14. The van der Waals surface area contributed by atoms with Crippen LogP contribution in [0.15, 0.2) is 41.5 Å². The van der Waals surface area contributed by atoms with Crippen molar-refractivity contribution in [2.75, 3.05) is 0 Å². The zero-order valence-corrected chi connectivity index (χ0v) is 27.0. The lowest BCUT2D eigenvalue weighted by atomic mass is 9.35. The first-order chi connectivity index (χ1) is 19.1. The fourth-order valence-electron chi connectivity index (χ4n) is 11.2. The Morgan fingerprint density at radius 1 is 0.927 bits per heavy atom. The van der Waals surface area contributed by atoms with Crippen molar-refractivity contribution in [3.05, 3.63) is 52.6 Å². The summed E-state index contributed by atoms with van der Waals surface area (Å²) in [6.45, 7) is 18.5. The molecular formula is C38H54O3. The molecule has 1 aromatic carbocycles. The van der Waals surface area contributed by atoms with Gasteiger partial charge in [0.05, 0.1) is 5.60 Å². The Balaban J connectivity index is 1.47. The van der Waals surface area contributed by atoms with Gasteiger partial charge in [-0.2, -0.15) is 0 Å². The summed E-state index contributed by atoms with van der Waals surface area (Å²) < 4.78 is 0. The van der Waals surface area contributed by atoms with Gasteiger partial charge in [0, 0.05) is 11.0 Å². The number of allylic oxidation sites excluding steroid dienone is 3. The molecule has 0 spiro atoms. The third-order valence-electron chi connectivity index (χ3n) is 13.4. The Morgan fingerprint density at radius 3 is 2.20 bits per heavy atom. The molecule has 0 amide bonds. The van der Waals surface area contributed by atoms with Crippen LogP contribution in [-0.2, 0) is 4.79 Å². The summed E-state index contributed by atoms with van der Waals surface area (Å²) in [5.41, 5.74) is 3.37. The van der Waals surface area contributed by atoms with Crippen molar-refractivity contribution < 1.29 is 14.7 Å². The minimum absolute atomic E-state index is 0.0526. The van der Waals surface area contributed by atoms with Crippen molar-refractivity contribution >= 4 is 18.1 Å². The number of fused-ring (bicyclic) bond motifs is 5. The van der Waals surface area contributed by atoms with Crippen molar-refractivity contribution in [1.82, 2.24) is 0 Å². The van der Waals surface area contributed by atoms with Gasteiger partial charge in [0.25, 0.3) is 0 Å². The van der Waals surface area contributed by atoms with Crippen LogP contribution in [0.5, 0.6) is 0 Å². The van der Waals surface area contributed by atoms with Gasteiger partial charge in [-0.3, -0.25) is 9.59 Å². The Hall–Kier alpha value is -2.00. The van der Waals surface area contributed by atoms with Crippen molar-refractivity contribution in [2.45, 2.75) is 119 Å². The minimum Gasteiger partial charge on any atom is -0.390 e. The third-order valence-corrected chi connectivity index (χ3v) is 13.4. The molecule has 41 heavy (non-hydrogen) atoms. The third kappa shape index (κ3) is 4.73. The second-order valence-electron chi connectivity index (χ2n) is 16.2. The second-order valence-corrected chi connectivity index (χ2v) is 16.2. The van der Waals surface area contributed by atoms with E-state index in [2.05, 4.69) is 67.5 Å². The highest BCUT2D eigenvalue weighted by atomic mass is 16.3. The van der Waals surface area contributed by atoms with Crippen LogP contribution in [0.2, 0.25) is 0 Å². The maximum absolute atomic E-state index is 14.0. The number of Topliss-reactive ketones (excluding diaryl/α,β-unsaturated/α-hetero) is 1. The number of carbonyl (C=O) groups excluding carboxylic acids is 2. The molecule has 224 valence electrons. The Morgan fingerprint density at radius 2 is 1.56 bits per heavy atom. The highest BCUT2D eigenvalue weighted by Gasteiger charge is 2.69. The van der Waals surface area contributed by atoms with Crippen LogP contribution in [0, 0.1) is 45.3 Å². The zero-order chi connectivity index (χ0) is 30.0. The highest BCUT2D eigenvalue weighted by Crippen LogP contribution is 2.75. The molecule has 4 aliphatic carbocycles. The summed E-state index contributed by atoms with van der Waals surface area (Å²) in [6, 6.07) is 7.61. The molecule has 0 aliphatic heterocycles. The zero-order valence-electron chi connectivity index (χ0n) is 27.0. The molecule has 4 aliphatic rings. The Kier molecular flexibility index (Phi) is 7.67. The van der Waals surface area contributed by atoms with E-state index in [9.17, 15) is 14.7 Å². The van der Waals surface area contributed by atoms with Crippen LogP contribution in [0.3, 0.4) is 0 Å². The first kappa shape index (κ1) is 30.5. The van der Waals surface area contributed by atoms with Gasteiger partial charge >= 0.3 is 0 Å². The van der Waals surface area contributed by atoms with E-state index in [-0.39, 0.29) is 16.2 Å². The lowest BCUT2D eigenvalue weighted by Crippen LogP contribution is -2.64. The van der Waals surface area contributed by atoms with Crippen molar-refractivity contribution in [3.63, 3.8) is 0 Å². The molecule has 0 unspecified atom stereocenters. The predicted molar refractivity (Wildman–Crippen MR) is 168 cm³/mol. The molecule has 0 saturated heterocycles. The summed E-state index contributed by atoms with van der Waals surface area (Å²) in [4.78, 5) is 25.2. The summed E-state index contributed by atoms with van der Waals surface area (Å²) >= 11 is 0. The normalized spacial score (nSPS) is 40.2. The number of carbonyl (C=O) groups is 2. The maximum atomic E-state index is 14.0. The Labute approximate surface area is 249 Å². The first-order valence-electron chi connectivity index (χ1n) is 16.3. The maximum Gasteiger partial charge on any atom is 0.164 e. The number of ketones is 1. The fourth-order valence-corrected chi connectivity index (χ4v) is 11.2. The molecule has 4 saturated carbocycles. The molecule has 3 heteroatoms. The average Bonchev–Trinajstić information content (AvgIpc) is 3.26. The number of benzene rings is 1.